The Morgan fingerprint density at radius 3 is 2.61 bits per heavy atom. The van der Waals surface area contributed by atoms with Gasteiger partial charge < -0.3 is 19.0 Å². The molecule has 1 fully saturated rings. The summed E-state index contributed by atoms with van der Waals surface area (Å²) in [6.07, 6.45) is 5.49. The number of carbonyl (C=O) groups is 2. The minimum Gasteiger partial charge on any atom is -0.469 e. The Morgan fingerprint density at radius 2 is 1.82 bits per heavy atom. The van der Waals surface area contributed by atoms with Gasteiger partial charge in [-0.05, 0) is 55.9 Å². The lowest BCUT2D eigenvalue weighted by atomic mass is 9.82. The topological polar surface area (TPSA) is 73.5 Å². The number of carbonyl (C=O) groups excluding carboxylic acids is 2. The molecular weight excluding hydrogens is 416 g/mol. The first-order valence-electron chi connectivity index (χ1n) is 11.5. The summed E-state index contributed by atoms with van der Waals surface area (Å²) in [6.45, 7) is 1.17. The summed E-state index contributed by atoms with van der Waals surface area (Å²) >= 11 is 0. The first kappa shape index (κ1) is 21.3. The Hall–Kier alpha value is -3.54. The number of esters is 1. The van der Waals surface area contributed by atoms with Crippen LogP contribution in [0, 0.1) is 11.8 Å². The third-order valence-electron chi connectivity index (χ3n) is 6.77. The number of amides is 1. The molecule has 2 heterocycles. The van der Waals surface area contributed by atoms with Crippen molar-refractivity contribution in [1.29, 1.82) is 0 Å². The third-order valence-corrected chi connectivity index (χ3v) is 6.77. The minimum atomic E-state index is -0.116. The molecule has 1 amide bonds. The molecule has 1 N–H and O–H groups in total. The summed E-state index contributed by atoms with van der Waals surface area (Å²) in [5.41, 5.74) is 2.44. The summed E-state index contributed by atoms with van der Waals surface area (Å²) < 4.78 is 12.9. The van der Waals surface area contributed by atoms with Crippen LogP contribution in [0.3, 0.4) is 0 Å². The van der Waals surface area contributed by atoms with Crippen LogP contribution in [-0.4, -0.2) is 30.1 Å². The Morgan fingerprint density at radius 1 is 1.03 bits per heavy atom. The van der Waals surface area contributed by atoms with E-state index >= 15 is 0 Å². The van der Waals surface area contributed by atoms with E-state index in [9.17, 15) is 9.59 Å². The van der Waals surface area contributed by atoms with Crippen LogP contribution in [0.2, 0.25) is 0 Å². The predicted molar refractivity (Wildman–Crippen MR) is 127 cm³/mol. The Kier molecular flexibility index (Phi) is 5.90. The Labute approximate surface area is 192 Å². The summed E-state index contributed by atoms with van der Waals surface area (Å²) in [4.78, 5) is 24.9. The van der Waals surface area contributed by atoms with E-state index in [1.54, 1.807) is 0 Å². The molecule has 2 aromatic carbocycles. The molecule has 1 aliphatic rings. The number of aromatic nitrogens is 1. The zero-order chi connectivity index (χ0) is 22.8. The van der Waals surface area contributed by atoms with Gasteiger partial charge in [-0.3, -0.25) is 9.59 Å². The number of benzene rings is 2. The molecule has 1 aliphatic carbocycles. The maximum atomic E-state index is 13.1. The molecule has 2 aromatic heterocycles. The number of furan rings is 1. The highest BCUT2D eigenvalue weighted by molar-refractivity contribution is 6.06. The zero-order valence-corrected chi connectivity index (χ0v) is 18.8. The van der Waals surface area contributed by atoms with Gasteiger partial charge in [0.05, 0.1) is 30.7 Å². The average Bonchev–Trinajstić information content (AvgIpc) is 3.46. The lowest BCUT2D eigenvalue weighted by molar-refractivity contribution is -0.146. The second-order valence-corrected chi connectivity index (χ2v) is 8.89. The normalized spacial score (nSPS) is 18.5. The van der Waals surface area contributed by atoms with Crippen molar-refractivity contribution < 1.29 is 18.7 Å². The van der Waals surface area contributed by atoms with Gasteiger partial charge in [0.15, 0.2) is 0 Å². The van der Waals surface area contributed by atoms with Crippen LogP contribution in [0.15, 0.2) is 65.2 Å². The van der Waals surface area contributed by atoms with Crippen LogP contribution >= 0.6 is 0 Å². The predicted octanol–water partition coefficient (Wildman–Crippen LogP) is 5.15. The van der Waals surface area contributed by atoms with Gasteiger partial charge in [-0.1, -0.05) is 30.3 Å². The first-order chi connectivity index (χ1) is 16.1. The Bertz CT molecular complexity index is 1260. The van der Waals surface area contributed by atoms with Crippen molar-refractivity contribution in [2.24, 2.45) is 11.8 Å². The quantitative estimate of drug-likeness (QED) is 0.418. The maximum Gasteiger partial charge on any atom is 0.308 e. The number of nitrogens with zero attached hydrogens (tertiary/aromatic N) is 1. The highest BCUT2D eigenvalue weighted by atomic mass is 16.5. The van der Waals surface area contributed by atoms with Gasteiger partial charge in [-0.25, -0.2) is 0 Å². The van der Waals surface area contributed by atoms with Gasteiger partial charge in [-0.2, -0.15) is 0 Å². The molecule has 0 spiro atoms. The average molecular weight is 445 g/mol. The molecule has 0 aliphatic heterocycles. The molecule has 0 atom stereocenters. The van der Waals surface area contributed by atoms with Gasteiger partial charge in [0, 0.05) is 23.5 Å². The van der Waals surface area contributed by atoms with Crippen molar-refractivity contribution >= 4 is 33.7 Å². The van der Waals surface area contributed by atoms with Crippen molar-refractivity contribution in [2.45, 2.75) is 32.2 Å². The fourth-order valence-corrected chi connectivity index (χ4v) is 4.96. The fourth-order valence-electron chi connectivity index (χ4n) is 4.96. The number of hydrogen-bond donors (Lipinski definition) is 1. The van der Waals surface area contributed by atoms with E-state index in [1.165, 1.54) is 7.11 Å². The minimum absolute atomic E-state index is 0.00257. The molecule has 0 radical (unpaired) electrons. The summed E-state index contributed by atoms with van der Waals surface area (Å²) in [6, 6.07) is 17.9. The maximum absolute atomic E-state index is 13.1. The van der Waals surface area contributed by atoms with E-state index in [0.29, 0.717) is 24.6 Å². The molecule has 5 rings (SSSR count). The molecular formula is C27H28N2O4. The number of rotatable bonds is 6. The lowest BCUT2D eigenvalue weighted by Gasteiger charge is -2.27. The fraction of sp³-hybridized carbons (Fsp3) is 0.333. The van der Waals surface area contributed by atoms with Gasteiger partial charge in [-0.15, -0.1) is 0 Å². The van der Waals surface area contributed by atoms with Crippen LogP contribution in [0.4, 0.5) is 0 Å². The van der Waals surface area contributed by atoms with E-state index in [4.69, 9.17) is 9.15 Å². The Balaban J connectivity index is 1.29. The van der Waals surface area contributed by atoms with Crippen LogP contribution in [0.1, 0.15) is 41.8 Å². The SMILES string of the molecule is COC(=O)C1CCC(CNC(=O)c2cccc3ccn(Cc4cc5ccccc5o4)c23)CC1. The number of para-hydroxylation sites is 2. The number of fused-ring (bicyclic) bond motifs is 2. The zero-order valence-electron chi connectivity index (χ0n) is 18.8. The molecule has 4 aromatic rings. The van der Waals surface area contributed by atoms with E-state index < -0.39 is 0 Å². The second-order valence-electron chi connectivity index (χ2n) is 8.89. The summed E-state index contributed by atoms with van der Waals surface area (Å²) in [5.74, 6) is 1.05. The number of ether oxygens (including phenoxy) is 1. The first-order valence-corrected chi connectivity index (χ1v) is 11.5. The molecule has 6 nitrogen and oxygen atoms in total. The van der Waals surface area contributed by atoms with Crippen LogP contribution < -0.4 is 5.32 Å². The summed E-state index contributed by atoms with van der Waals surface area (Å²) in [5, 5.41) is 5.23. The smallest absolute Gasteiger partial charge is 0.308 e. The molecule has 170 valence electrons. The molecule has 0 unspecified atom stereocenters. The second kappa shape index (κ2) is 9.14. The van der Waals surface area contributed by atoms with Crippen LogP contribution in [0.25, 0.3) is 21.9 Å². The van der Waals surface area contributed by atoms with Crippen molar-refractivity contribution in [1.82, 2.24) is 9.88 Å². The van der Waals surface area contributed by atoms with Gasteiger partial charge in [0.2, 0.25) is 0 Å². The number of hydrogen-bond acceptors (Lipinski definition) is 4. The number of nitrogens with one attached hydrogen (secondary N) is 1. The van der Waals surface area contributed by atoms with Gasteiger partial charge in [0.1, 0.15) is 11.3 Å². The third kappa shape index (κ3) is 4.38. The van der Waals surface area contributed by atoms with Gasteiger partial charge >= 0.3 is 5.97 Å². The molecule has 6 heteroatoms. The van der Waals surface area contributed by atoms with E-state index in [2.05, 4.69) is 16.0 Å². The molecule has 1 saturated carbocycles. The van der Waals surface area contributed by atoms with Crippen molar-refractivity contribution in [3.8, 4) is 0 Å². The summed E-state index contributed by atoms with van der Waals surface area (Å²) in [7, 11) is 1.44. The molecule has 0 saturated heterocycles. The van der Waals surface area contributed by atoms with E-state index in [0.717, 1.165) is 53.3 Å². The van der Waals surface area contributed by atoms with Crippen molar-refractivity contribution in [3.63, 3.8) is 0 Å². The molecule has 0 bridgehead atoms. The van der Waals surface area contributed by atoms with E-state index in [1.807, 2.05) is 54.7 Å². The van der Waals surface area contributed by atoms with Crippen LogP contribution in [0.5, 0.6) is 0 Å². The highest BCUT2D eigenvalue weighted by Crippen LogP contribution is 2.29. The number of methoxy groups -OCH3 is 1. The van der Waals surface area contributed by atoms with Gasteiger partial charge in [0.25, 0.3) is 5.91 Å². The largest absolute Gasteiger partial charge is 0.469 e. The standard InChI is InChI=1S/C27H28N2O4/c1-32-27(31)20-11-9-18(10-12-20)16-28-26(30)23-7-4-6-19-13-14-29(25(19)23)17-22-15-21-5-2-3-8-24(21)33-22/h2-8,13-15,18,20H,9-12,16-17H2,1H3,(H,28,30). The molecule has 33 heavy (non-hydrogen) atoms. The van der Waals surface area contributed by atoms with E-state index in [-0.39, 0.29) is 17.8 Å². The van der Waals surface area contributed by atoms with Crippen LogP contribution in [-0.2, 0) is 16.1 Å². The van der Waals surface area contributed by atoms with Crippen molar-refractivity contribution in [3.05, 3.63) is 72.1 Å². The lowest BCUT2D eigenvalue weighted by Crippen LogP contribution is -2.32. The van der Waals surface area contributed by atoms with Crippen molar-refractivity contribution in [2.75, 3.05) is 13.7 Å². The highest BCUT2D eigenvalue weighted by Gasteiger charge is 2.27. The monoisotopic (exact) mass is 444 g/mol.